The lowest BCUT2D eigenvalue weighted by atomic mass is 9.82. The Morgan fingerprint density at radius 1 is 0.682 bits per heavy atom. The van der Waals surface area contributed by atoms with Crippen LogP contribution in [0, 0.1) is 29.6 Å². The lowest BCUT2D eigenvalue weighted by molar-refractivity contribution is 0.0209. The SMILES string of the molecule is CC.CC.CC1CCCCC1C.COC1C2CCC(C2)C1C. The molecule has 3 rings (SSSR count). The Kier molecular flexibility index (Phi) is 12.4. The third kappa shape index (κ3) is 6.22. The molecule has 134 valence electrons. The average molecular weight is 313 g/mol. The van der Waals surface area contributed by atoms with Crippen molar-refractivity contribution in [2.24, 2.45) is 29.6 Å². The molecule has 0 aromatic carbocycles. The van der Waals surface area contributed by atoms with Gasteiger partial charge in [0.25, 0.3) is 0 Å². The van der Waals surface area contributed by atoms with Gasteiger partial charge in [0.05, 0.1) is 6.10 Å². The summed E-state index contributed by atoms with van der Waals surface area (Å²) in [5.41, 5.74) is 0. The van der Waals surface area contributed by atoms with E-state index < -0.39 is 0 Å². The van der Waals surface area contributed by atoms with E-state index in [0.717, 1.165) is 29.6 Å². The van der Waals surface area contributed by atoms with Crippen molar-refractivity contribution in [1.82, 2.24) is 0 Å². The highest BCUT2D eigenvalue weighted by Crippen LogP contribution is 2.49. The first-order chi connectivity index (χ1) is 10.6. The fourth-order valence-corrected chi connectivity index (χ4v) is 4.43. The van der Waals surface area contributed by atoms with E-state index in [-0.39, 0.29) is 0 Å². The monoisotopic (exact) mass is 312 g/mol. The first-order valence-corrected chi connectivity index (χ1v) is 10.2. The molecule has 3 aliphatic rings. The van der Waals surface area contributed by atoms with Gasteiger partial charge in [-0.1, -0.05) is 74.1 Å². The molecule has 1 nitrogen and oxygen atoms in total. The normalized spacial score (nSPS) is 38.7. The summed E-state index contributed by atoms with van der Waals surface area (Å²) < 4.78 is 5.46. The smallest absolute Gasteiger partial charge is 0.0627 e. The summed E-state index contributed by atoms with van der Waals surface area (Å²) in [6.07, 6.45) is 10.8. The van der Waals surface area contributed by atoms with Crippen LogP contribution in [-0.4, -0.2) is 13.2 Å². The van der Waals surface area contributed by atoms with Crippen LogP contribution in [-0.2, 0) is 4.74 Å². The summed E-state index contributed by atoms with van der Waals surface area (Å²) in [6, 6.07) is 0. The van der Waals surface area contributed by atoms with Crippen LogP contribution in [0.15, 0.2) is 0 Å². The van der Waals surface area contributed by atoms with Crippen molar-refractivity contribution in [2.45, 2.75) is 99.5 Å². The highest BCUT2D eigenvalue weighted by atomic mass is 16.5. The third-order valence-electron chi connectivity index (χ3n) is 6.05. The Morgan fingerprint density at radius 3 is 1.41 bits per heavy atom. The van der Waals surface area contributed by atoms with Gasteiger partial charge in [-0.2, -0.15) is 0 Å². The molecule has 6 atom stereocenters. The van der Waals surface area contributed by atoms with Crippen LogP contribution in [0.25, 0.3) is 0 Å². The predicted octanol–water partition coefficient (Wildman–Crippen LogP) is 6.95. The fraction of sp³-hybridized carbons (Fsp3) is 1.00. The average Bonchev–Trinajstić information content (AvgIpc) is 3.16. The summed E-state index contributed by atoms with van der Waals surface area (Å²) in [7, 11) is 1.86. The minimum atomic E-state index is 0.596. The maximum atomic E-state index is 5.46. The molecule has 0 saturated heterocycles. The first-order valence-electron chi connectivity index (χ1n) is 10.2. The van der Waals surface area contributed by atoms with Crippen LogP contribution in [0.1, 0.15) is 93.4 Å². The number of fused-ring (bicyclic) bond motifs is 2. The van der Waals surface area contributed by atoms with Crippen molar-refractivity contribution in [2.75, 3.05) is 7.11 Å². The molecule has 0 aliphatic heterocycles. The topological polar surface area (TPSA) is 9.23 Å². The van der Waals surface area contributed by atoms with Gasteiger partial charge >= 0.3 is 0 Å². The molecule has 6 unspecified atom stereocenters. The maximum absolute atomic E-state index is 5.46. The van der Waals surface area contributed by atoms with Gasteiger partial charge in [-0.15, -0.1) is 0 Å². The van der Waals surface area contributed by atoms with Crippen LogP contribution in [0.5, 0.6) is 0 Å². The van der Waals surface area contributed by atoms with E-state index in [1.54, 1.807) is 0 Å². The number of methoxy groups -OCH3 is 1. The second kappa shape index (κ2) is 12.4. The van der Waals surface area contributed by atoms with Gasteiger partial charge in [-0.05, 0) is 48.9 Å². The molecule has 0 aromatic rings. The minimum absolute atomic E-state index is 0.596. The van der Waals surface area contributed by atoms with E-state index in [9.17, 15) is 0 Å². The van der Waals surface area contributed by atoms with Gasteiger partial charge in [0.2, 0.25) is 0 Å². The van der Waals surface area contributed by atoms with Crippen molar-refractivity contribution >= 4 is 0 Å². The van der Waals surface area contributed by atoms with Gasteiger partial charge in [0, 0.05) is 7.11 Å². The molecule has 22 heavy (non-hydrogen) atoms. The minimum Gasteiger partial charge on any atom is -0.381 e. The number of ether oxygens (including phenoxy) is 1. The van der Waals surface area contributed by atoms with Gasteiger partial charge < -0.3 is 4.74 Å². The molecule has 2 bridgehead atoms. The number of rotatable bonds is 1. The molecule has 0 N–H and O–H groups in total. The Balaban J connectivity index is 0.000000333. The van der Waals surface area contributed by atoms with Crippen molar-refractivity contribution in [3.05, 3.63) is 0 Å². The fourth-order valence-electron chi connectivity index (χ4n) is 4.43. The molecule has 0 amide bonds. The summed E-state index contributed by atoms with van der Waals surface area (Å²) in [4.78, 5) is 0. The summed E-state index contributed by atoms with van der Waals surface area (Å²) >= 11 is 0. The van der Waals surface area contributed by atoms with E-state index in [0.29, 0.717) is 6.10 Å². The van der Waals surface area contributed by atoms with Crippen molar-refractivity contribution in [1.29, 1.82) is 0 Å². The standard InChI is InChI=1S/C9H16O.C8H16.2C2H6/c1-6-7-3-4-8(5-7)9(6)10-2;1-7-5-3-4-6-8(7)2;2*1-2/h6-9H,3-5H2,1-2H3;7-8H,3-6H2,1-2H3;2*1-2H3. The Bertz CT molecular complexity index is 238. The van der Waals surface area contributed by atoms with E-state index >= 15 is 0 Å². The lowest BCUT2D eigenvalue weighted by Crippen LogP contribution is -2.26. The molecule has 0 heterocycles. The van der Waals surface area contributed by atoms with Crippen LogP contribution in [0.3, 0.4) is 0 Å². The van der Waals surface area contributed by atoms with E-state index in [1.807, 2.05) is 34.8 Å². The molecule has 3 aliphatic carbocycles. The van der Waals surface area contributed by atoms with Gasteiger partial charge in [0.1, 0.15) is 0 Å². The molecule has 3 fully saturated rings. The second-order valence-corrected chi connectivity index (χ2v) is 7.13. The number of hydrogen-bond donors (Lipinski definition) is 0. The highest BCUT2D eigenvalue weighted by Gasteiger charge is 2.45. The van der Waals surface area contributed by atoms with Gasteiger partial charge in [-0.25, -0.2) is 0 Å². The Hall–Kier alpha value is -0.0400. The quantitative estimate of drug-likeness (QED) is 0.509. The van der Waals surface area contributed by atoms with E-state index in [4.69, 9.17) is 4.74 Å². The highest BCUT2D eigenvalue weighted by molar-refractivity contribution is 4.95. The van der Waals surface area contributed by atoms with Crippen LogP contribution in [0.2, 0.25) is 0 Å². The van der Waals surface area contributed by atoms with Gasteiger partial charge in [-0.3, -0.25) is 0 Å². The molecule has 0 aromatic heterocycles. The molecular weight excluding hydrogens is 268 g/mol. The number of hydrogen-bond acceptors (Lipinski definition) is 1. The molecule has 3 saturated carbocycles. The molecule has 0 radical (unpaired) electrons. The second-order valence-electron chi connectivity index (χ2n) is 7.13. The zero-order valence-corrected chi connectivity index (χ0v) is 16.8. The maximum Gasteiger partial charge on any atom is 0.0627 e. The van der Waals surface area contributed by atoms with Gasteiger partial charge in [0.15, 0.2) is 0 Å². The summed E-state index contributed by atoms with van der Waals surface area (Å²) in [5.74, 6) is 4.75. The molecule has 1 heteroatoms. The zero-order valence-electron chi connectivity index (χ0n) is 16.8. The Morgan fingerprint density at radius 2 is 1.14 bits per heavy atom. The van der Waals surface area contributed by atoms with Crippen molar-refractivity contribution in [3.8, 4) is 0 Å². The summed E-state index contributed by atoms with van der Waals surface area (Å²) in [6.45, 7) is 15.1. The molecule has 0 spiro atoms. The van der Waals surface area contributed by atoms with Crippen LogP contribution in [0.4, 0.5) is 0 Å². The molecular formula is C21H44O. The van der Waals surface area contributed by atoms with E-state index in [1.165, 1.54) is 44.9 Å². The van der Waals surface area contributed by atoms with Crippen molar-refractivity contribution in [3.63, 3.8) is 0 Å². The third-order valence-corrected chi connectivity index (χ3v) is 6.05. The van der Waals surface area contributed by atoms with Crippen molar-refractivity contribution < 1.29 is 4.74 Å². The summed E-state index contributed by atoms with van der Waals surface area (Å²) in [5, 5.41) is 0. The van der Waals surface area contributed by atoms with Crippen LogP contribution < -0.4 is 0 Å². The lowest BCUT2D eigenvalue weighted by Gasteiger charge is -2.26. The predicted molar refractivity (Wildman–Crippen MR) is 100 cm³/mol. The zero-order chi connectivity index (χ0) is 17.1. The van der Waals surface area contributed by atoms with E-state index in [2.05, 4.69) is 20.8 Å². The Labute approximate surface area is 141 Å². The largest absolute Gasteiger partial charge is 0.381 e. The van der Waals surface area contributed by atoms with Crippen LogP contribution >= 0.6 is 0 Å². The first kappa shape index (κ1) is 22.0.